The molecule has 3 rings (SSSR count). The molecule has 2 N–H and O–H groups in total. The van der Waals surface area contributed by atoms with Crippen LogP contribution in [0.2, 0.25) is 5.02 Å². The van der Waals surface area contributed by atoms with E-state index in [9.17, 15) is 4.79 Å². The maximum Gasteiger partial charge on any atom is 0.162 e. The van der Waals surface area contributed by atoms with Gasteiger partial charge in [-0.15, -0.1) is 0 Å². The summed E-state index contributed by atoms with van der Waals surface area (Å²) in [6, 6.07) is 13.9. The summed E-state index contributed by atoms with van der Waals surface area (Å²) in [7, 11) is 2.04. The van der Waals surface area contributed by atoms with Gasteiger partial charge in [-0.1, -0.05) is 29.8 Å². The van der Waals surface area contributed by atoms with Gasteiger partial charge >= 0.3 is 0 Å². The average Bonchev–Trinajstić information content (AvgIpc) is 3.02. The first-order valence-corrected chi connectivity index (χ1v) is 9.59. The second-order valence-electron chi connectivity index (χ2n) is 6.74. The second kappa shape index (κ2) is 9.06. The van der Waals surface area contributed by atoms with Crippen molar-refractivity contribution in [3.8, 4) is 0 Å². The predicted octanol–water partition coefficient (Wildman–Crippen LogP) is 4.34. The van der Waals surface area contributed by atoms with Gasteiger partial charge in [0.1, 0.15) is 0 Å². The van der Waals surface area contributed by atoms with E-state index in [1.54, 1.807) is 0 Å². The molecule has 0 saturated heterocycles. The summed E-state index contributed by atoms with van der Waals surface area (Å²) >= 11 is 6.15. The molecule has 1 aliphatic heterocycles. The van der Waals surface area contributed by atoms with Crippen molar-refractivity contribution < 1.29 is 4.79 Å². The Morgan fingerprint density at radius 3 is 2.88 bits per heavy atom. The molecule has 0 aromatic heterocycles. The molecule has 0 saturated carbocycles. The largest absolute Gasteiger partial charge is 0.366 e. The summed E-state index contributed by atoms with van der Waals surface area (Å²) in [5.41, 5.74) is 4.19. The number of fused-ring (bicyclic) bond motifs is 1. The highest BCUT2D eigenvalue weighted by Gasteiger charge is 2.16. The van der Waals surface area contributed by atoms with Crippen LogP contribution in [0.25, 0.3) is 0 Å². The van der Waals surface area contributed by atoms with Gasteiger partial charge in [-0.25, -0.2) is 0 Å². The Kier molecular flexibility index (Phi) is 6.53. The molecule has 2 aromatic carbocycles. The van der Waals surface area contributed by atoms with Crippen LogP contribution in [0.1, 0.15) is 35.2 Å². The molecule has 0 fully saturated rings. The lowest BCUT2D eigenvalue weighted by Gasteiger charge is -2.10. The second-order valence-corrected chi connectivity index (χ2v) is 7.14. The van der Waals surface area contributed by atoms with Crippen LogP contribution in [-0.4, -0.2) is 32.6 Å². The Hall–Kier alpha value is -2.04. The van der Waals surface area contributed by atoms with Gasteiger partial charge in [-0.3, -0.25) is 4.79 Å². The number of carbonyl (C=O) groups is 1. The van der Waals surface area contributed by atoms with Gasteiger partial charge in [0.15, 0.2) is 5.78 Å². The van der Waals surface area contributed by atoms with Crippen LogP contribution in [0.15, 0.2) is 42.5 Å². The molecule has 0 bridgehead atoms. The zero-order chi connectivity index (χ0) is 18.4. The molecule has 138 valence electrons. The normalized spacial score (nSPS) is 12.8. The minimum absolute atomic E-state index is 0.222. The highest BCUT2D eigenvalue weighted by molar-refractivity contribution is 6.31. The van der Waals surface area contributed by atoms with Crippen molar-refractivity contribution in [3.05, 3.63) is 58.6 Å². The van der Waals surface area contributed by atoms with Crippen LogP contribution in [-0.2, 0) is 6.42 Å². The number of anilines is 2. The van der Waals surface area contributed by atoms with Crippen molar-refractivity contribution in [3.63, 3.8) is 0 Å². The fourth-order valence-electron chi connectivity index (χ4n) is 3.20. The fourth-order valence-corrected chi connectivity index (χ4v) is 3.43. The molecule has 0 spiro atoms. The maximum atomic E-state index is 12.4. The molecule has 5 heteroatoms. The van der Waals surface area contributed by atoms with E-state index in [-0.39, 0.29) is 5.78 Å². The lowest BCUT2D eigenvalue weighted by Crippen LogP contribution is -2.18. The molecule has 0 aliphatic carbocycles. The Labute approximate surface area is 160 Å². The first-order valence-electron chi connectivity index (χ1n) is 9.21. The van der Waals surface area contributed by atoms with Crippen LogP contribution in [0.3, 0.4) is 0 Å². The standard InChI is InChI=1S/C21H26ClN3O/c1-25-15-24-19-14-17(9-10-20(19)25)21(26)8-4-5-12-23-13-11-16-6-2-3-7-18(16)22/h2-3,6-7,9-10,14,23-24H,4-5,8,11-13,15H2,1H3. The molecular weight excluding hydrogens is 346 g/mol. The van der Waals surface area contributed by atoms with E-state index >= 15 is 0 Å². The number of hydrogen-bond donors (Lipinski definition) is 2. The fraction of sp³-hybridized carbons (Fsp3) is 0.381. The quantitative estimate of drug-likeness (QED) is 0.508. The van der Waals surface area contributed by atoms with Gasteiger partial charge < -0.3 is 15.5 Å². The molecule has 2 aromatic rings. The summed E-state index contributed by atoms with van der Waals surface area (Å²) in [5, 5.41) is 7.56. The molecule has 4 nitrogen and oxygen atoms in total. The van der Waals surface area contributed by atoms with Crippen molar-refractivity contribution in [2.75, 3.05) is 37.0 Å². The Balaban J connectivity index is 1.33. The molecule has 1 aliphatic rings. The summed E-state index contributed by atoms with van der Waals surface area (Å²) in [5.74, 6) is 0.222. The zero-order valence-corrected chi connectivity index (χ0v) is 16.0. The third-order valence-corrected chi connectivity index (χ3v) is 5.14. The zero-order valence-electron chi connectivity index (χ0n) is 15.2. The van der Waals surface area contributed by atoms with E-state index in [0.29, 0.717) is 6.42 Å². The number of carbonyl (C=O) groups excluding carboxylic acids is 1. The number of benzene rings is 2. The average molecular weight is 372 g/mol. The molecule has 0 unspecified atom stereocenters. The van der Waals surface area contributed by atoms with Gasteiger partial charge in [-0.05, 0) is 62.2 Å². The molecule has 26 heavy (non-hydrogen) atoms. The number of ketones is 1. The van der Waals surface area contributed by atoms with Crippen molar-refractivity contribution in [1.29, 1.82) is 0 Å². The first-order chi connectivity index (χ1) is 12.6. The van der Waals surface area contributed by atoms with Crippen LogP contribution in [0, 0.1) is 0 Å². The van der Waals surface area contributed by atoms with Gasteiger partial charge in [0.2, 0.25) is 0 Å². The van der Waals surface area contributed by atoms with Gasteiger partial charge in [-0.2, -0.15) is 0 Å². The number of rotatable bonds is 9. The molecule has 0 amide bonds. The van der Waals surface area contributed by atoms with Crippen molar-refractivity contribution >= 4 is 28.8 Å². The number of nitrogens with one attached hydrogen (secondary N) is 2. The molecular formula is C21H26ClN3O. The SMILES string of the molecule is CN1CNc2cc(C(=O)CCCCNCCc3ccccc3Cl)ccc21. The van der Waals surface area contributed by atoms with E-state index in [1.165, 1.54) is 5.56 Å². The number of nitrogens with zero attached hydrogens (tertiary/aromatic N) is 1. The van der Waals surface area contributed by atoms with Gasteiger partial charge in [0.25, 0.3) is 0 Å². The third-order valence-electron chi connectivity index (χ3n) is 4.77. The van der Waals surface area contributed by atoms with Crippen LogP contribution in [0.4, 0.5) is 11.4 Å². The Morgan fingerprint density at radius 1 is 1.19 bits per heavy atom. The number of hydrogen-bond acceptors (Lipinski definition) is 4. The van der Waals surface area contributed by atoms with Crippen molar-refractivity contribution in [2.24, 2.45) is 0 Å². The monoisotopic (exact) mass is 371 g/mol. The minimum atomic E-state index is 0.222. The lowest BCUT2D eigenvalue weighted by molar-refractivity contribution is 0.0979. The molecule has 0 radical (unpaired) electrons. The van der Waals surface area contributed by atoms with Crippen LogP contribution in [0.5, 0.6) is 0 Å². The van der Waals surface area contributed by atoms with E-state index in [2.05, 4.69) is 21.6 Å². The van der Waals surface area contributed by atoms with Crippen molar-refractivity contribution in [2.45, 2.75) is 25.7 Å². The van der Waals surface area contributed by atoms with Crippen molar-refractivity contribution in [1.82, 2.24) is 5.32 Å². The minimum Gasteiger partial charge on any atom is -0.366 e. The first kappa shape index (κ1) is 18.7. The summed E-state index contributed by atoms with van der Waals surface area (Å²) in [6.45, 7) is 2.63. The number of Topliss-reactive ketones (excluding diaryl/α,β-unsaturated/α-hetero) is 1. The van der Waals surface area contributed by atoms with E-state index in [1.807, 2.05) is 43.4 Å². The highest BCUT2D eigenvalue weighted by atomic mass is 35.5. The molecule has 1 heterocycles. The predicted molar refractivity (Wildman–Crippen MR) is 110 cm³/mol. The van der Waals surface area contributed by atoms with E-state index in [0.717, 1.165) is 61.0 Å². The van der Waals surface area contributed by atoms with Gasteiger partial charge in [0, 0.05) is 24.1 Å². The number of halogens is 1. The number of unbranched alkanes of at least 4 members (excludes halogenated alkanes) is 1. The molecule has 0 atom stereocenters. The summed E-state index contributed by atoms with van der Waals surface area (Å²) < 4.78 is 0. The summed E-state index contributed by atoms with van der Waals surface area (Å²) in [4.78, 5) is 14.5. The van der Waals surface area contributed by atoms with E-state index < -0.39 is 0 Å². The van der Waals surface area contributed by atoms with Gasteiger partial charge in [0.05, 0.1) is 18.0 Å². The Bertz CT molecular complexity index is 763. The lowest BCUT2D eigenvalue weighted by atomic mass is 10.0. The van der Waals surface area contributed by atoms with E-state index in [4.69, 9.17) is 11.6 Å². The Morgan fingerprint density at radius 2 is 2.04 bits per heavy atom. The maximum absolute atomic E-state index is 12.4. The van der Waals surface area contributed by atoms with Crippen LogP contribution < -0.4 is 15.5 Å². The smallest absolute Gasteiger partial charge is 0.162 e. The topological polar surface area (TPSA) is 44.4 Å². The third kappa shape index (κ3) is 4.77. The van der Waals surface area contributed by atoms with Crippen LogP contribution >= 0.6 is 11.6 Å². The summed E-state index contributed by atoms with van der Waals surface area (Å²) in [6.07, 6.45) is 3.43. The highest BCUT2D eigenvalue weighted by Crippen LogP contribution is 2.31.